The zero-order valence-corrected chi connectivity index (χ0v) is 17.7. The molecular formula is C20H28N4OS2. The number of aryl methyl sites for hydroxylation is 1. The first-order valence-electron chi connectivity index (χ1n) is 9.44. The standard InChI is InChI=1S/C20H28N4OS2/c1-3-23-8-10-24(11-9-23)12-17-4-6-18(7-5-17)22-20(25)15-26-13-19-14-27-16(2)21-19/h4-7,14H,3,8-13,15H2,1-2H3,(H,22,25). The highest BCUT2D eigenvalue weighted by Crippen LogP contribution is 2.16. The Hall–Kier alpha value is -1.41. The Kier molecular flexibility index (Phi) is 7.70. The minimum atomic E-state index is 0.0374. The van der Waals surface area contributed by atoms with Gasteiger partial charge in [-0.1, -0.05) is 19.1 Å². The molecule has 0 bridgehead atoms. The van der Waals surface area contributed by atoms with Gasteiger partial charge in [0.25, 0.3) is 0 Å². The molecule has 0 aliphatic carbocycles. The van der Waals surface area contributed by atoms with Gasteiger partial charge in [-0.2, -0.15) is 0 Å². The summed E-state index contributed by atoms with van der Waals surface area (Å²) >= 11 is 3.25. The number of rotatable bonds is 8. The van der Waals surface area contributed by atoms with Crippen LogP contribution in [-0.2, 0) is 17.1 Å². The Morgan fingerprint density at radius 3 is 2.52 bits per heavy atom. The number of carbonyl (C=O) groups excluding carboxylic acids is 1. The van der Waals surface area contributed by atoms with Crippen LogP contribution in [0.15, 0.2) is 29.6 Å². The number of thiazole rings is 1. The number of anilines is 1. The average molecular weight is 405 g/mol. The second-order valence-corrected chi connectivity index (χ2v) is 8.85. The monoisotopic (exact) mass is 404 g/mol. The molecule has 0 radical (unpaired) electrons. The number of nitrogens with one attached hydrogen (secondary N) is 1. The molecule has 0 unspecified atom stereocenters. The third-order valence-corrected chi connectivity index (χ3v) is 6.49. The van der Waals surface area contributed by atoms with Crippen LogP contribution >= 0.6 is 23.1 Å². The van der Waals surface area contributed by atoms with E-state index in [4.69, 9.17) is 0 Å². The van der Waals surface area contributed by atoms with Crippen molar-refractivity contribution in [3.63, 3.8) is 0 Å². The molecule has 1 amide bonds. The van der Waals surface area contributed by atoms with Crippen LogP contribution in [0.25, 0.3) is 0 Å². The van der Waals surface area contributed by atoms with Crippen molar-refractivity contribution in [2.45, 2.75) is 26.1 Å². The van der Waals surface area contributed by atoms with Crippen molar-refractivity contribution in [2.75, 3.05) is 43.8 Å². The summed E-state index contributed by atoms with van der Waals surface area (Å²) in [4.78, 5) is 21.5. The maximum atomic E-state index is 12.1. The van der Waals surface area contributed by atoms with E-state index in [-0.39, 0.29) is 5.91 Å². The Morgan fingerprint density at radius 1 is 1.19 bits per heavy atom. The molecule has 0 spiro atoms. The lowest BCUT2D eigenvalue weighted by Gasteiger charge is -2.34. The molecule has 1 aliphatic heterocycles. The number of aromatic nitrogens is 1. The van der Waals surface area contributed by atoms with E-state index < -0.39 is 0 Å². The van der Waals surface area contributed by atoms with Gasteiger partial charge in [0.1, 0.15) is 0 Å². The Labute approximate surface area is 170 Å². The fraction of sp³-hybridized carbons (Fsp3) is 0.500. The van der Waals surface area contributed by atoms with Gasteiger partial charge in [0.05, 0.1) is 16.5 Å². The number of nitrogens with zero attached hydrogens (tertiary/aromatic N) is 3. The summed E-state index contributed by atoms with van der Waals surface area (Å²) in [5.74, 6) is 1.26. The van der Waals surface area contributed by atoms with Gasteiger partial charge in [-0.3, -0.25) is 9.69 Å². The van der Waals surface area contributed by atoms with Crippen molar-refractivity contribution in [3.8, 4) is 0 Å². The molecule has 3 rings (SSSR count). The lowest BCUT2D eigenvalue weighted by atomic mass is 10.1. The lowest BCUT2D eigenvalue weighted by Crippen LogP contribution is -2.45. The van der Waals surface area contributed by atoms with Gasteiger partial charge in [-0.05, 0) is 31.2 Å². The highest BCUT2D eigenvalue weighted by atomic mass is 32.2. The van der Waals surface area contributed by atoms with Crippen molar-refractivity contribution < 1.29 is 4.79 Å². The van der Waals surface area contributed by atoms with E-state index in [9.17, 15) is 4.79 Å². The fourth-order valence-electron chi connectivity index (χ4n) is 3.14. The smallest absolute Gasteiger partial charge is 0.234 e. The van der Waals surface area contributed by atoms with E-state index in [1.54, 1.807) is 23.1 Å². The second kappa shape index (κ2) is 10.2. The van der Waals surface area contributed by atoms with Crippen LogP contribution in [0.2, 0.25) is 0 Å². The van der Waals surface area contributed by atoms with Crippen LogP contribution in [0.4, 0.5) is 5.69 Å². The summed E-state index contributed by atoms with van der Waals surface area (Å²) in [6.07, 6.45) is 0. The van der Waals surface area contributed by atoms with Crippen molar-refractivity contribution in [1.29, 1.82) is 0 Å². The van der Waals surface area contributed by atoms with Gasteiger partial charge in [-0.15, -0.1) is 23.1 Å². The lowest BCUT2D eigenvalue weighted by molar-refractivity contribution is -0.113. The molecule has 1 aliphatic rings. The Balaban J connectivity index is 1.38. The van der Waals surface area contributed by atoms with Gasteiger partial charge in [0.2, 0.25) is 5.91 Å². The van der Waals surface area contributed by atoms with E-state index >= 15 is 0 Å². The second-order valence-electron chi connectivity index (χ2n) is 6.81. The van der Waals surface area contributed by atoms with E-state index in [1.165, 1.54) is 5.56 Å². The van der Waals surface area contributed by atoms with Gasteiger partial charge in [-0.25, -0.2) is 4.98 Å². The third kappa shape index (κ3) is 6.60. The maximum absolute atomic E-state index is 12.1. The molecule has 0 saturated carbocycles. The first-order chi connectivity index (χ1) is 13.1. The number of hydrogen-bond acceptors (Lipinski definition) is 6. The van der Waals surface area contributed by atoms with Crippen LogP contribution in [0.1, 0.15) is 23.2 Å². The van der Waals surface area contributed by atoms with Crippen molar-refractivity contribution in [2.24, 2.45) is 0 Å². The molecule has 1 N–H and O–H groups in total. The van der Waals surface area contributed by atoms with Gasteiger partial charge >= 0.3 is 0 Å². The molecule has 5 nitrogen and oxygen atoms in total. The maximum Gasteiger partial charge on any atom is 0.234 e. The molecular weight excluding hydrogens is 376 g/mol. The minimum absolute atomic E-state index is 0.0374. The van der Waals surface area contributed by atoms with Crippen LogP contribution < -0.4 is 5.32 Å². The van der Waals surface area contributed by atoms with E-state index in [2.05, 4.69) is 44.5 Å². The molecule has 1 fully saturated rings. The summed E-state index contributed by atoms with van der Waals surface area (Å²) in [5, 5.41) is 6.11. The number of piperazine rings is 1. The Morgan fingerprint density at radius 2 is 1.89 bits per heavy atom. The summed E-state index contributed by atoms with van der Waals surface area (Å²) in [6.45, 7) is 10.9. The number of thioether (sulfide) groups is 1. The minimum Gasteiger partial charge on any atom is -0.325 e. The molecule has 1 saturated heterocycles. The molecule has 2 heterocycles. The van der Waals surface area contributed by atoms with Gasteiger partial charge < -0.3 is 10.2 Å². The number of likely N-dealkylation sites (N-methyl/N-ethyl adjacent to an activating group) is 1. The average Bonchev–Trinajstić information content (AvgIpc) is 3.09. The summed E-state index contributed by atoms with van der Waals surface area (Å²) < 4.78 is 0. The molecule has 146 valence electrons. The molecule has 27 heavy (non-hydrogen) atoms. The number of amides is 1. The molecule has 7 heteroatoms. The van der Waals surface area contributed by atoms with Gasteiger partial charge in [0.15, 0.2) is 0 Å². The number of hydrogen-bond donors (Lipinski definition) is 1. The zero-order chi connectivity index (χ0) is 19.1. The summed E-state index contributed by atoms with van der Waals surface area (Å²) in [7, 11) is 0. The van der Waals surface area contributed by atoms with E-state index in [1.807, 2.05) is 19.1 Å². The topological polar surface area (TPSA) is 48.5 Å². The first-order valence-corrected chi connectivity index (χ1v) is 11.5. The SMILES string of the molecule is CCN1CCN(Cc2ccc(NC(=O)CSCc3csc(C)n3)cc2)CC1. The van der Waals surface area contributed by atoms with E-state index in [0.29, 0.717) is 5.75 Å². The highest BCUT2D eigenvalue weighted by Gasteiger charge is 2.15. The van der Waals surface area contributed by atoms with Crippen LogP contribution in [-0.4, -0.2) is 59.2 Å². The predicted molar refractivity (Wildman–Crippen MR) is 115 cm³/mol. The molecule has 1 aromatic carbocycles. The highest BCUT2D eigenvalue weighted by molar-refractivity contribution is 7.99. The van der Waals surface area contributed by atoms with Crippen molar-refractivity contribution in [3.05, 3.63) is 45.9 Å². The largest absolute Gasteiger partial charge is 0.325 e. The first kappa shape index (κ1) is 20.3. The number of benzene rings is 1. The van der Waals surface area contributed by atoms with Gasteiger partial charge in [0, 0.05) is 49.5 Å². The van der Waals surface area contributed by atoms with Crippen molar-refractivity contribution in [1.82, 2.24) is 14.8 Å². The van der Waals surface area contributed by atoms with Crippen LogP contribution in [0, 0.1) is 6.92 Å². The molecule has 2 aromatic rings. The Bertz CT molecular complexity index is 724. The molecule has 1 aromatic heterocycles. The summed E-state index contributed by atoms with van der Waals surface area (Å²) in [6, 6.07) is 8.24. The van der Waals surface area contributed by atoms with Crippen molar-refractivity contribution >= 4 is 34.7 Å². The quantitative estimate of drug-likeness (QED) is 0.730. The molecule has 0 atom stereocenters. The van der Waals surface area contributed by atoms with Crippen LogP contribution in [0.3, 0.4) is 0 Å². The van der Waals surface area contributed by atoms with E-state index in [0.717, 1.165) is 61.4 Å². The fourth-order valence-corrected chi connectivity index (χ4v) is 4.57. The normalized spacial score (nSPS) is 15.8. The summed E-state index contributed by atoms with van der Waals surface area (Å²) in [5.41, 5.74) is 3.22. The third-order valence-electron chi connectivity index (χ3n) is 4.71. The predicted octanol–water partition coefficient (Wildman–Crippen LogP) is 3.46. The zero-order valence-electron chi connectivity index (χ0n) is 16.1. The number of carbonyl (C=O) groups is 1. The van der Waals surface area contributed by atoms with Crippen LogP contribution in [0.5, 0.6) is 0 Å².